The molecule has 0 amide bonds. The molecule has 2 unspecified atom stereocenters. The molecule has 0 radical (unpaired) electrons. The minimum atomic E-state index is -4.41. The summed E-state index contributed by atoms with van der Waals surface area (Å²) in [4.78, 5) is 35.9. The zero-order chi connectivity index (χ0) is 69.0. The smallest absolute Gasteiger partial charge is 0.462 e. The summed E-state index contributed by atoms with van der Waals surface area (Å²) >= 11 is 0. The highest BCUT2D eigenvalue weighted by Crippen LogP contribution is 2.43. The molecule has 546 valence electrons. The van der Waals surface area contributed by atoms with Crippen LogP contribution in [0.1, 0.15) is 341 Å². The topological polar surface area (TPSA) is 108 Å². The van der Waals surface area contributed by atoms with Crippen LogP contribution in [0.25, 0.3) is 0 Å². The molecule has 0 aliphatic carbocycles. The maximum atomic E-state index is 12.9. The zero-order valence-electron chi connectivity index (χ0n) is 62.4. The maximum Gasteiger partial charge on any atom is 0.472 e. The Hall–Kier alpha value is -3.85. The second kappa shape index (κ2) is 74.4. The average molecular weight is 1340 g/mol. The number of hydrogen-bond acceptors (Lipinski definition) is 7. The van der Waals surface area contributed by atoms with E-state index in [2.05, 4.69) is 148 Å². The summed E-state index contributed by atoms with van der Waals surface area (Å²) in [6.45, 7) is 4.31. The van der Waals surface area contributed by atoms with Gasteiger partial charge in [0.1, 0.15) is 19.8 Å². The molecule has 0 saturated carbocycles. The first-order chi connectivity index (χ1) is 46.5. The maximum absolute atomic E-state index is 12.9. The predicted octanol–water partition coefficient (Wildman–Crippen LogP) is 26.3. The molecule has 0 spiro atoms. The van der Waals surface area contributed by atoms with Gasteiger partial charge in [0.2, 0.25) is 0 Å². The Morgan fingerprint density at radius 2 is 0.600 bits per heavy atom. The molecule has 0 fully saturated rings. The van der Waals surface area contributed by atoms with Gasteiger partial charge in [-0.25, -0.2) is 4.57 Å². The van der Waals surface area contributed by atoms with E-state index < -0.39 is 26.5 Å². The first kappa shape index (κ1) is 91.2. The summed E-state index contributed by atoms with van der Waals surface area (Å²) in [6, 6.07) is 0. The molecule has 0 heterocycles. The first-order valence-electron chi connectivity index (χ1n) is 39.4. The van der Waals surface area contributed by atoms with Gasteiger partial charge in [-0.1, -0.05) is 366 Å². The summed E-state index contributed by atoms with van der Waals surface area (Å²) in [5.74, 6) is -0.831. The van der Waals surface area contributed by atoms with Crippen LogP contribution in [-0.4, -0.2) is 74.9 Å². The fraction of sp³-hybridized carbons (Fsp3) is 0.718. The van der Waals surface area contributed by atoms with E-state index in [1.807, 2.05) is 21.1 Å². The Morgan fingerprint density at radius 3 is 0.895 bits per heavy atom. The largest absolute Gasteiger partial charge is 0.472 e. The molecular weight excluding hydrogens is 1190 g/mol. The summed E-state index contributed by atoms with van der Waals surface area (Å²) in [5.41, 5.74) is 0. The Balaban J connectivity index is 4.08. The third-order valence-corrected chi connectivity index (χ3v) is 17.9. The molecular formula is C85H149NO8P+. The molecule has 1 N–H and O–H groups in total. The van der Waals surface area contributed by atoms with Crippen LogP contribution in [0, 0.1) is 0 Å². The van der Waals surface area contributed by atoms with Crippen molar-refractivity contribution in [3.8, 4) is 0 Å². The van der Waals surface area contributed by atoms with E-state index in [-0.39, 0.29) is 32.0 Å². The molecule has 10 heteroatoms. The fourth-order valence-electron chi connectivity index (χ4n) is 11.0. The van der Waals surface area contributed by atoms with Crippen LogP contribution in [-0.2, 0) is 32.7 Å². The van der Waals surface area contributed by atoms with Gasteiger partial charge in [-0.3, -0.25) is 18.6 Å². The molecule has 95 heavy (non-hydrogen) atoms. The molecule has 0 aliphatic heterocycles. The van der Waals surface area contributed by atoms with Crippen molar-refractivity contribution in [2.75, 3.05) is 47.5 Å². The third kappa shape index (κ3) is 79.0. The molecule has 0 rings (SSSR count). The third-order valence-electron chi connectivity index (χ3n) is 16.9. The minimum Gasteiger partial charge on any atom is -0.462 e. The zero-order valence-corrected chi connectivity index (χ0v) is 63.3. The van der Waals surface area contributed by atoms with Gasteiger partial charge in [0.15, 0.2) is 6.10 Å². The van der Waals surface area contributed by atoms with Gasteiger partial charge in [0, 0.05) is 12.8 Å². The number of quaternary nitrogens is 1. The Morgan fingerprint density at radius 1 is 0.337 bits per heavy atom. The molecule has 0 aliphatic rings. The van der Waals surface area contributed by atoms with E-state index in [9.17, 15) is 19.0 Å². The van der Waals surface area contributed by atoms with E-state index in [0.717, 1.165) is 109 Å². The highest BCUT2D eigenvalue weighted by Gasteiger charge is 2.27. The number of nitrogens with zero attached hydrogens (tertiary/aromatic N) is 1. The van der Waals surface area contributed by atoms with Crippen molar-refractivity contribution >= 4 is 19.8 Å². The van der Waals surface area contributed by atoms with Crippen LogP contribution in [0.15, 0.2) is 134 Å². The lowest BCUT2D eigenvalue weighted by Crippen LogP contribution is -2.37. The molecule has 0 saturated heterocycles. The summed E-state index contributed by atoms with van der Waals surface area (Å²) < 4.78 is 34.7. The highest BCUT2D eigenvalue weighted by molar-refractivity contribution is 7.47. The van der Waals surface area contributed by atoms with Gasteiger partial charge in [-0.05, 0) is 96.3 Å². The van der Waals surface area contributed by atoms with Crippen molar-refractivity contribution in [2.45, 2.75) is 347 Å². The van der Waals surface area contributed by atoms with Crippen LogP contribution in [0.2, 0.25) is 0 Å². The lowest BCUT2D eigenvalue weighted by atomic mass is 10.0. The molecule has 0 aromatic heterocycles. The van der Waals surface area contributed by atoms with Gasteiger partial charge in [0.05, 0.1) is 27.7 Å². The molecule has 0 aromatic carbocycles. The van der Waals surface area contributed by atoms with Gasteiger partial charge in [-0.2, -0.15) is 0 Å². The van der Waals surface area contributed by atoms with Crippen molar-refractivity contribution in [1.29, 1.82) is 0 Å². The van der Waals surface area contributed by atoms with Gasteiger partial charge >= 0.3 is 19.8 Å². The molecule has 2 atom stereocenters. The van der Waals surface area contributed by atoms with Crippen molar-refractivity contribution in [1.82, 2.24) is 0 Å². The monoisotopic (exact) mass is 1340 g/mol. The van der Waals surface area contributed by atoms with Crippen molar-refractivity contribution in [2.24, 2.45) is 0 Å². The van der Waals surface area contributed by atoms with E-state index >= 15 is 0 Å². The van der Waals surface area contributed by atoms with E-state index in [4.69, 9.17) is 18.5 Å². The summed E-state index contributed by atoms with van der Waals surface area (Å²) in [5, 5.41) is 0. The van der Waals surface area contributed by atoms with Crippen LogP contribution in [0.3, 0.4) is 0 Å². The van der Waals surface area contributed by atoms with E-state index in [1.165, 1.54) is 199 Å². The number of hydrogen-bond donors (Lipinski definition) is 1. The number of carbonyl (C=O) groups excluding carboxylic acids is 2. The van der Waals surface area contributed by atoms with Crippen LogP contribution >= 0.6 is 7.82 Å². The summed E-state index contributed by atoms with van der Waals surface area (Å²) in [6.07, 6.45) is 109. The quantitative estimate of drug-likeness (QED) is 0.0211. The van der Waals surface area contributed by atoms with Crippen LogP contribution in [0.5, 0.6) is 0 Å². The Labute approximate surface area is 587 Å². The average Bonchev–Trinajstić information content (AvgIpc) is 1.80. The number of esters is 2. The SMILES string of the molecule is CC/C=C\C/C=C\C/C=C\C/C=C\C/C=C\C/C=C\C/C=C\C/C=C\C/C=C\C/C=C\C/C=C\CCCCCC(=O)OC(COC(=O)CCCCCCCCCCCCCCCCCCCCCCCCCCCCCCCCCCCC)COP(=O)(O)OCC[N+](C)(C)C. The number of phosphoric ester groups is 1. The lowest BCUT2D eigenvalue weighted by molar-refractivity contribution is -0.870. The Kier molecular flexibility index (Phi) is 71.4. The minimum absolute atomic E-state index is 0.0196. The van der Waals surface area contributed by atoms with Crippen molar-refractivity contribution in [3.63, 3.8) is 0 Å². The number of phosphoric acid groups is 1. The van der Waals surface area contributed by atoms with Crippen molar-refractivity contribution < 1.29 is 42.1 Å². The van der Waals surface area contributed by atoms with Gasteiger partial charge in [-0.15, -0.1) is 0 Å². The number of ether oxygens (including phenoxy) is 2. The number of carbonyl (C=O) groups is 2. The predicted molar refractivity (Wildman–Crippen MR) is 413 cm³/mol. The number of unbranched alkanes of at least 4 members (excludes halogenated alkanes) is 36. The molecule has 0 bridgehead atoms. The normalized spacial score (nSPS) is 13.8. The number of allylic oxidation sites excluding steroid dienone is 22. The standard InChI is InChI=1S/C85H148NO8P/c1-6-8-10-12-14-16-18-20-22-24-26-28-30-32-34-36-38-40-42-43-44-46-48-50-52-54-56-58-60-62-64-66-68-70-72-74-76-78-85(88)94-83(82-93-95(89,90)92-80-79-86(3,4)5)81-91-84(87)77-75-73-71-69-67-65-63-61-59-57-55-53-51-49-47-45-41-39-37-35-33-31-29-27-25-23-21-19-17-15-13-11-9-7-2/h8,10,14,16,20,22,26,28,32,34,38,40,43-44,48,50,54,56,60,62,66,68,83H,6-7,9,11-13,15,17-19,21,23-25,27,29-31,33,35-37,39,41-42,45-47,49,51-53,55,57-59,61,63-65,67,69-82H2,1-5H3/p+1/b10-8-,16-14-,22-20-,28-26-,34-32-,40-38-,44-43-,50-48-,56-54-,62-60-,68-66-. The fourth-order valence-corrected chi connectivity index (χ4v) is 11.7. The second-order valence-electron chi connectivity index (χ2n) is 27.4. The van der Waals surface area contributed by atoms with Gasteiger partial charge < -0.3 is 18.9 Å². The first-order valence-corrected chi connectivity index (χ1v) is 40.9. The van der Waals surface area contributed by atoms with E-state index in [1.54, 1.807) is 0 Å². The number of rotatable bonds is 72. The second-order valence-corrected chi connectivity index (χ2v) is 28.8. The number of likely N-dealkylation sites (N-methyl/N-ethyl adjacent to an activating group) is 1. The van der Waals surface area contributed by atoms with Crippen LogP contribution in [0.4, 0.5) is 0 Å². The summed E-state index contributed by atoms with van der Waals surface area (Å²) in [7, 11) is 1.45. The molecule has 0 aromatic rings. The van der Waals surface area contributed by atoms with E-state index in [0.29, 0.717) is 17.4 Å². The highest BCUT2D eigenvalue weighted by atomic mass is 31.2. The Bertz CT molecular complexity index is 2070. The lowest BCUT2D eigenvalue weighted by Gasteiger charge is -2.24. The van der Waals surface area contributed by atoms with Crippen molar-refractivity contribution in [3.05, 3.63) is 134 Å². The van der Waals surface area contributed by atoms with Crippen LogP contribution < -0.4 is 0 Å². The van der Waals surface area contributed by atoms with Gasteiger partial charge in [0.25, 0.3) is 0 Å². The molecule has 9 nitrogen and oxygen atoms in total.